The van der Waals surface area contributed by atoms with Crippen LogP contribution in [0, 0.1) is 0 Å². The van der Waals surface area contributed by atoms with Crippen molar-refractivity contribution in [3.05, 3.63) is 28.7 Å². The Morgan fingerprint density at radius 1 is 1.67 bits per heavy atom. The summed E-state index contributed by atoms with van der Waals surface area (Å²) in [5.41, 5.74) is 0.848. The van der Waals surface area contributed by atoms with E-state index in [4.69, 9.17) is 21.1 Å². The fourth-order valence-corrected chi connectivity index (χ4v) is 0.903. The zero-order valence-electron chi connectivity index (χ0n) is 7.04. The Bertz CT molecular complexity index is 286. The first-order valence-corrected chi connectivity index (χ1v) is 4.09. The van der Waals surface area contributed by atoms with Crippen LogP contribution in [0.1, 0.15) is 19.6 Å². The van der Waals surface area contributed by atoms with Gasteiger partial charge in [-0.1, -0.05) is 0 Å². The van der Waals surface area contributed by atoms with Crippen LogP contribution in [0.4, 0.5) is 0 Å². The summed E-state index contributed by atoms with van der Waals surface area (Å²) in [6, 6.07) is 3.43. The third-order valence-corrected chi connectivity index (χ3v) is 1.83. The fraction of sp³-hybridized carbons (Fsp3) is 0.333. The molecule has 0 aliphatic heterocycles. The number of rotatable bonds is 2. The Hall–Kier alpha value is -0.730. The Kier molecular flexibility index (Phi) is 2.95. The second-order valence-corrected chi connectivity index (χ2v) is 3.08. The molecule has 1 unspecified atom stereocenters. The van der Waals surface area contributed by atoms with Gasteiger partial charge in [-0.05, 0) is 49.2 Å². The van der Waals surface area contributed by atoms with Crippen LogP contribution in [0.15, 0.2) is 22.1 Å². The Morgan fingerprint density at radius 3 is 2.75 bits per heavy atom. The van der Waals surface area contributed by atoms with Crippen LogP contribution in [-0.2, 0) is 0 Å². The molecule has 1 heterocycles. The first kappa shape index (κ1) is 9.36. The normalized spacial score (nSPS) is 14.8. The van der Waals surface area contributed by atoms with E-state index in [2.05, 4.69) is 0 Å². The summed E-state index contributed by atoms with van der Waals surface area (Å²) in [5, 5.41) is 9.51. The van der Waals surface area contributed by atoms with Crippen molar-refractivity contribution in [2.24, 2.45) is 0 Å². The highest BCUT2D eigenvalue weighted by Gasteiger charge is 2.00. The Balaban J connectivity index is 2.80. The van der Waals surface area contributed by atoms with E-state index in [1.54, 1.807) is 25.1 Å². The molecular formula is C9H11ClO2. The van der Waals surface area contributed by atoms with E-state index in [9.17, 15) is 0 Å². The largest absolute Gasteiger partial charge is 0.445 e. The lowest BCUT2D eigenvalue weighted by atomic mass is 10.2. The number of aliphatic hydroxyl groups is 1. The smallest absolute Gasteiger partial charge is 0.193 e. The third-order valence-electron chi connectivity index (χ3n) is 1.62. The molecule has 0 fully saturated rings. The second-order valence-electron chi connectivity index (χ2n) is 2.71. The molecule has 12 heavy (non-hydrogen) atoms. The van der Waals surface area contributed by atoms with Crippen molar-refractivity contribution in [2.45, 2.75) is 20.0 Å². The van der Waals surface area contributed by atoms with Crippen LogP contribution in [0.25, 0.3) is 6.08 Å². The van der Waals surface area contributed by atoms with Gasteiger partial charge in [0.25, 0.3) is 0 Å². The number of hydrogen-bond donors (Lipinski definition) is 1. The zero-order valence-corrected chi connectivity index (χ0v) is 7.80. The minimum atomic E-state index is -0.450. The lowest BCUT2D eigenvalue weighted by Gasteiger charge is -2.01. The summed E-state index contributed by atoms with van der Waals surface area (Å²) in [7, 11) is 0. The van der Waals surface area contributed by atoms with Crippen LogP contribution in [-0.4, -0.2) is 11.2 Å². The number of furan rings is 1. The van der Waals surface area contributed by atoms with Crippen molar-refractivity contribution in [3.8, 4) is 0 Å². The molecule has 1 aromatic heterocycles. The van der Waals surface area contributed by atoms with E-state index in [0.29, 0.717) is 11.0 Å². The fourth-order valence-electron chi connectivity index (χ4n) is 0.751. The van der Waals surface area contributed by atoms with Gasteiger partial charge in [0, 0.05) is 0 Å². The monoisotopic (exact) mass is 186 g/mol. The predicted octanol–water partition coefficient (Wildman–Crippen LogP) is 2.72. The summed E-state index contributed by atoms with van der Waals surface area (Å²) in [4.78, 5) is 0. The average Bonchev–Trinajstić information content (AvgIpc) is 2.35. The molecule has 0 saturated heterocycles. The maximum Gasteiger partial charge on any atom is 0.193 e. The molecule has 2 nitrogen and oxygen atoms in total. The van der Waals surface area contributed by atoms with Gasteiger partial charge in [-0.25, -0.2) is 0 Å². The van der Waals surface area contributed by atoms with Gasteiger partial charge in [0.15, 0.2) is 5.22 Å². The molecule has 0 aliphatic carbocycles. The average molecular weight is 187 g/mol. The number of halogens is 1. The van der Waals surface area contributed by atoms with Crippen molar-refractivity contribution >= 4 is 17.7 Å². The SMILES string of the molecule is C/C(=C\c1ccc(Cl)o1)C(C)O. The van der Waals surface area contributed by atoms with Gasteiger partial charge in [0.1, 0.15) is 5.76 Å². The van der Waals surface area contributed by atoms with Crippen LogP contribution in [0.3, 0.4) is 0 Å². The van der Waals surface area contributed by atoms with E-state index >= 15 is 0 Å². The van der Waals surface area contributed by atoms with E-state index in [1.165, 1.54) is 0 Å². The Morgan fingerprint density at radius 2 is 2.33 bits per heavy atom. The summed E-state index contributed by atoms with van der Waals surface area (Å²) >= 11 is 5.57. The van der Waals surface area contributed by atoms with Crippen LogP contribution >= 0.6 is 11.6 Å². The molecule has 0 bridgehead atoms. The van der Waals surface area contributed by atoms with E-state index in [-0.39, 0.29) is 0 Å². The molecule has 0 amide bonds. The molecule has 3 heteroatoms. The molecule has 66 valence electrons. The van der Waals surface area contributed by atoms with Gasteiger partial charge >= 0.3 is 0 Å². The first-order chi connectivity index (χ1) is 5.59. The highest BCUT2D eigenvalue weighted by Crippen LogP contribution is 2.16. The zero-order chi connectivity index (χ0) is 9.14. The van der Waals surface area contributed by atoms with E-state index in [0.717, 1.165) is 5.57 Å². The van der Waals surface area contributed by atoms with Crippen LogP contribution < -0.4 is 0 Å². The molecule has 1 aromatic rings. The molecule has 1 rings (SSSR count). The predicted molar refractivity (Wildman–Crippen MR) is 49.0 cm³/mol. The lowest BCUT2D eigenvalue weighted by molar-refractivity contribution is 0.232. The maximum atomic E-state index is 9.15. The van der Waals surface area contributed by atoms with Crippen molar-refractivity contribution in [3.63, 3.8) is 0 Å². The standard InChI is InChI=1S/C9H11ClO2/c1-6(7(2)11)5-8-3-4-9(10)12-8/h3-5,7,11H,1-2H3/b6-5+. The lowest BCUT2D eigenvalue weighted by Crippen LogP contribution is -1.99. The number of hydrogen-bond acceptors (Lipinski definition) is 2. The van der Waals surface area contributed by atoms with Gasteiger partial charge in [0.05, 0.1) is 6.10 Å². The molecule has 1 N–H and O–H groups in total. The molecule has 0 aliphatic rings. The van der Waals surface area contributed by atoms with Gasteiger partial charge in [-0.15, -0.1) is 0 Å². The summed E-state index contributed by atoms with van der Waals surface area (Å²) in [5.74, 6) is 0.665. The maximum absolute atomic E-state index is 9.15. The summed E-state index contributed by atoms with van der Waals surface area (Å²) < 4.78 is 5.08. The van der Waals surface area contributed by atoms with Gasteiger partial charge < -0.3 is 9.52 Å². The minimum Gasteiger partial charge on any atom is -0.445 e. The topological polar surface area (TPSA) is 33.4 Å². The summed E-state index contributed by atoms with van der Waals surface area (Å²) in [6.45, 7) is 3.54. The number of aliphatic hydroxyl groups excluding tert-OH is 1. The minimum absolute atomic E-state index is 0.361. The van der Waals surface area contributed by atoms with Gasteiger partial charge in [-0.3, -0.25) is 0 Å². The van der Waals surface area contributed by atoms with Gasteiger partial charge in [-0.2, -0.15) is 0 Å². The first-order valence-electron chi connectivity index (χ1n) is 3.71. The molecule has 0 radical (unpaired) electrons. The second kappa shape index (κ2) is 3.78. The molecule has 0 aromatic carbocycles. The van der Waals surface area contributed by atoms with Crippen molar-refractivity contribution in [2.75, 3.05) is 0 Å². The van der Waals surface area contributed by atoms with E-state index in [1.807, 2.05) is 6.92 Å². The Labute approximate surface area is 76.5 Å². The van der Waals surface area contributed by atoms with Gasteiger partial charge in [0.2, 0.25) is 0 Å². The van der Waals surface area contributed by atoms with Crippen LogP contribution in [0.5, 0.6) is 0 Å². The molecule has 0 saturated carbocycles. The third kappa shape index (κ3) is 2.40. The molecule has 1 atom stereocenters. The quantitative estimate of drug-likeness (QED) is 0.771. The molecular weight excluding hydrogens is 176 g/mol. The summed E-state index contributed by atoms with van der Waals surface area (Å²) in [6.07, 6.45) is 1.31. The van der Waals surface area contributed by atoms with E-state index < -0.39 is 6.10 Å². The van der Waals surface area contributed by atoms with Crippen molar-refractivity contribution < 1.29 is 9.52 Å². The van der Waals surface area contributed by atoms with Crippen molar-refractivity contribution in [1.29, 1.82) is 0 Å². The van der Waals surface area contributed by atoms with Crippen molar-refractivity contribution in [1.82, 2.24) is 0 Å². The highest BCUT2D eigenvalue weighted by molar-refractivity contribution is 6.28. The highest BCUT2D eigenvalue weighted by atomic mass is 35.5. The molecule has 0 spiro atoms. The van der Waals surface area contributed by atoms with Crippen LogP contribution in [0.2, 0.25) is 5.22 Å².